The highest BCUT2D eigenvalue weighted by Gasteiger charge is 2.53. The molecule has 1 saturated heterocycles. The Balaban J connectivity index is 1.94. The summed E-state index contributed by atoms with van der Waals surface area (Å²) in [6.07, 6.45) is -1.97. The maximum absolute atomic E-state index is 11.6. The predicted molar refractivity (Wildman–Crippen MR) is 151 cm³/mol. The molecule has 3 rings (SSSR count). The van der Waals surface area contributed by atoms with Gasteiger partial charge >= 0.3 is 8.56 Å². The number of aromatic nitrogens is 4. The highest BCUT2D eigenvalue weighted by molar-refractivity contribution is 7.98. The van der Waals surface area contributed by atoms with Crippen LogP contribution in [0.2, 0.25) is 16.4 Å². The number of halogens is 1. The minimum atomic E-state index is -3.24. The summed E-state index contributed by atoms with van der Waals surface area (Å²) in [5, 5.41) is 12.4. The zero-order valence-corrected chi connectivity index (χ0v) is 25.8. The lowest BCUT2D eigenvalue weighted by atomic mass is 10.1. The van der Waals surface area contributed by atoms with E-state index >= 15 is 0 Å². The van der Waals surface area contributed by atoms with Gasteiger partial charge < -0.3 is 29.5 Å². The average molecular weight is 577 g/mol. The summed E-state index contributed by atoms with van der Waals surface area (Å²) in [7, 11) is -3.21. The molecule has 3 heterocycles. The third-order valence-electron chi connectivity index (χ3n) is 6.95. The van der Waals surface area contributed by atoms with Crippen molar-refractivity contribution in [1.82, 2.24) is 19.5 Å². The number of hydrogen-bond donors (Lipinski definition) is 3. The number of nitrogens with two attached hydrogens (primary N) is 1. The van der Waals surface area contributed by atoms with Gasteiger partial charge in [0.05, 0.1) is 12.9 Å². The number of anilines is 1. The molecule has 0 aliphatic carbocycles. The van der Waals surface area contributed by atoms with Crippen LogP contribution in [0.3, 0.4) is 0 Å². The molecule has 0 saturated carbocycles. The van der Waals surface area contributed by atoms with E-state index in [0.29, 0.717) is 21.7 Å². The predicted octanol–water partition coefficient (Wildman–Crippen LogP) is 3.76. The maximum Gasteiger partial charge on any atom is 0.341 e. The van der Waals surface area contributed by atoms with Gasteiger partial charge in [0.25, 0.3) is 0 Å². The van der Waals surface area contributed by atoms with Crippen LogP contribution in [-0.4, -0.2) is 78.8 Å². The van der Waals surface area contributed by atoms with Crippen molar-refractivity contribution in [2.24, 2.45) is 0 Å². The van der Waals surface area contributed by atoms with Crippen molar-refractivity contribution in [2.45, 2.75) is 114 Å². The van der Waals surface area contributed by atoms with Crippen LogP contribution in [0.25, 0.3) is 11.2 Å². The summed E-state index contributed by atoms with van der Waals surface area (Å²) in [5.41, 5.74) is 6.50. The van der Waals surface area contributed by atoms with E-state index in [0.717, 1.165) is 0 Å². The number of rotatable bonds is 11. The number of nitrogens with zero attached hydrogens (tertiary/aromatic N) is 4. The molecular weight excluding hydrogens is 534 g/mol. The summed E-state index contributed by atoms with van der Waals surface area (Å²) in [6.45, 7) is 18.9. The molecule has 0 spiro atoms. The number of fused-ring (bicyclic) bond motifs is 1. The van der Waals surface area contributed by atoms with E-state index in [1.165, 1.54) is 6.33 Å². The van der Waals surface area contributed by atoms with Crippen molar-refractivity contribution in [1.29, 1.82) is 0 Å². The summed E-state index contributed by atoms with van der Waals surface area (Å²) < 4.78 is 20.8. The molecule has 5 atom stereocenters. The van der Waals surface area contributed by atoms with E-state index in [4.69, 9.17) is 31.2 Å². The zero-order valence-electron chi connectivity index (χ0n) is 23.3. The molecule has 13 heteroatoms. The fraction of sp³-hybridized carbons (Fsp3) is 0.792. The van der Waals surface area contributed by atoms with Gasteiger partial charge in [0.15, 0.2) is 17.7 Å². The molecule has 2 aromatic rings. The Kier molecular flexibility index (Phi) is 9.93. The van der Waals surface area contributed by atoms with Crippen LogP contribution in [0.1, 0.15) is 68.5 Å². The second-order valence-electron chi connectivity index (χ2n) is 10.8. The third-order valence-corrected chi connectivity index (χ3v) is 14.2. The minimum absolute atomic E-state index is 0.00723. The Morgan fingerprint density at radius 3 is 2.24 bits per heavy atom. The lowest BCUT2D eigenvalue weighted by Gasteiger charge is -2.37. The molecular formula is C24H43ClN5O5SSi+. The van der Waals surface area contributed by atoms with E-state index in [9.17, 15) is 9.90 Å². The van der Waals surface area contributed by atoms with Crippen molar-refractivity contribution in [3.63, 3.8) is 0 Å². The number of imidazole rings is 1. The highest BCUT2D eigenvalue weighted by Crippen LogP contribution is 2.40. The van der Waals surface area contributed by atoms with Crippen LogP contribution in [0.5, 0.6) is 0 Å². The molecule has 10 nitrogen and oxygen atoms in total. The smallest absolute Gasteiger partial charge is 0.341 e. The molecule has 0 amide bonds. The number of aliphatic hydroxyl groups excluding tert-OH is 1. The topological polar surface area (TPSA) is 138 Å². The van der Waals surface area contributed by atoms with Gasteiger partial charge in [0.1, 0.15) is 34.3 Å². The average Bonchev–Trinajstić information content (AvgIpc) is 3.32. The molecule has 1 aliphatic heterocycles. The quantitative estimate of drug-likeness (QED) is 0.207. The van der Waals surface area contributed by atoms with Gasteiger partial charge in [-0.1, -0.05) is 27.7 Å². The van der Waals surface area contributed by atoms with Crippen molar-refractivity contribution in [3.8, 4) is 0 Å². The van der Waals surface area contributed by atoms with Gasteiger partial charge in [0, 0.05) is 17.8 Å². The third kappa shape index (κ3) is 6.27. The fourth-order valence-corrected chi connectivity index (χ4v) is 10.7. The lowest BCUT2D eigenvalue weighted by molar-refractivity contribution is -0.0681. The number of hydrogen-bond acceptors (Lipinski definition) is 9. The summed E-state index contributed by atoms with van der Waals surface area (Å²) in [4.78, 5) is 24.1. The highest BCUT2D eigenvalue weighted by atomic mass is 35.5. The molecule has 0 radical (unpaired) electrons. The van der Waals surface area contributed by atoms with Gasteiger partial charge in [-0.25, -0.2) is 4.98 Å². The number of aliphatic hydroxyl groups is 1. The van der Waals surface area contributed by atoms with Crippen LogP contribution in [0.15, 0.2) is 6.33 Å². The molecule has 0 bridgehead atoms. The maximum atomic E-state index is 11.6. The molecule has 4 N–H and O–H groups in total. The SMILES string of the molecule is CC(C)[S+](C(C)C)[C@H](C)OC[C@H]1O[C@@H](n2cnc3c(N)nc(Cl)nc32)[C@H](O)[C@@H]1O[Si](O)(C(C)C)C(C)C. The van der Waals surface area contributed by atoms with Crippen molar-refractivity contribution in [2.75, 3.05) is 12.3 Å². The van der Waals surface area contributed by atoms with Crippen molar-refractivity contribution >= 4 is 48.0 Å². The largest absolute Gasteiger partial charge is 0.410 e. The Morgan fingerprint density at radius 2 is 1.70 bits per heavy atom. The van der Waals surface area contributed by atoms with Gasteiger partial charge in [-0.3, -0.25) is 4.57 Å². The molecule has 37 heavy (non-hydrogen) atoms. The first-order chi connectivity index (χ1) is 17.2. The first-order valence-corrected chi connectivity index (χ1v) is 16.7. The standard InChI is InChI=1S/C24H43ClN5O5SSi/c1-12(2)36(13(3)4)16(9)33-10-17-20(35-37(32,14(5)6)15(7)8)19(31)23(34-17)30-11-27-18-21(26)28-24(25)29-22(18)30/h11-17,19-20,23,31-32H,10H2,1-9H3,(H2,26,28,29)/q+1/t16-,17-,19-,20-,23-/m1/s1. The van der Waals surface area contributed by atoms with E-state index in [1.807, 2.05) is 27.7 Å². The molecule has 1 fully saturated rings. The molecule has 1 aliphatic rings. The summed E-state index contributed by atoms with van der Waals surface area (Å²) >= 11 is 6.06. The minimum Gasteiger partial charge on any atom is -0.410 e. The van der Waals surface area contributed by atoms with Crippen LogP contribution < -0.4 is 5.73 Å². The van der Waals surface area contributed by atoms with Gasteiger partial charge in [0.2, 0.25) is 10.7 Å². The van der Waals surface area contributed by atoms with Crippen LogP contribution in [0, 0.1) is 0 Å². The first kappa shape index (κ1) is 30.5. The number of nitrogen functional groups attached to an aromatic ring is 1. The van der Waals surface area contributed by atoms with Gasteiger partial charge in [-0.2, -0.15) is 9.97 Å². The summed E-state index contributed by atoms with van der Waals surface area (Å²) in [6, 6.07) is 0. The summed E-state index contributed by atoms with van der Waals surface area (Å²) in [5.74, 6) is 0.138. The molecule has 0 unspecified atom stereocenters. The molecule has 2 aromatic heterocycles. The van der Waals surface area contributed by atoms with Gasteiger partial charge in [-0.05, 0) is 50.4 Å². The van der Waals surface area contributed by atoms with Crippen LogP contribution in [-0.2, 0) is 24.8 Å². The lowest BCUT2D eigenvalue weighted by Crippen LogP contribution is -2.53. The first-order valence-electron chi connectivity index (χ1n) is 12.9. The fourth-order valence-electron chi connectivity index (χ4n) is 5.10. The second kappa shape index (κ2) is 12.0. The van der Waals surface area contributed by atoms with E-state index < -0.39 is 33.1 Å². The van der Waals surface area contributed by atoms with Crippen LogP contribution in [0.4, 0.5) is 5.82 Å². The molecule has 0 aromatic carbocycles. The van der Waals surface area contributed by atoms with Crippen LogP contribution >= 0.6 is 11.6 Å². The normalized spacial score (nSPS) is 24.0. The Bertz CT molecular complexity index is 1040. The Morgan fingerprint density at radius 1 is 1.11 bits per heavy atom. The van der Waals surface area contributed by atoms with Crippen molar-refractivity contribution in [3.05, 3.63) is 11.6 Å². The second-order valence-corrected chi connectivity index (χ2v) is 18.6. The van der Waals surface area contributed by atoms with E-state index in [2.05, 4.69) is 49.6 Å². The monoisotopic (exact) mass is 576 g/mol. The van der Waals surface area contributed by atoms with E-state index in [1.54, 1.807) is 4.57 Å². The Hall–Kier alpha value is -0.993. The van der Waals surface area contributed by atoms with E-state index in [-0.39, 0.29) is 45.1 Å². The van der Waals surface area contributed by atoms with Gasteiger partial charge in [-0.15, -0.1) is 0 Å². The Labute approximate surface area is 228 Å². The zero-order chi connectivity index (χ0) is 27.8. The van der Waals surface area contributed by atoms with Crippen molar-refractivity contribution < 1.29 is 23.8 Å². The number of ether oxygens (including phenoxy) is 2. The molecule has 210 valence electrons.